The lowest BCUT2D eigenvalue weighted by Gasteiger charge is -1.89. The molecule has 0 radical (unpaired) electrons. The molecule has 0 aromatic heterocycles. The first-order valence-corrected chi connectivity index (χ1v) is 2.22. The molecule has 1 fully saturated rings. The predicted octanol–water partition coefficient (Wildman–Crippen LogP) is -1.48. The van der Waals surface area contributed by atoms with E-state index < -0.39 is 6.10 Å². The quantitative estimate of drug-likeness (QED) is 0.391. The first-order chi connectivity index (χ1) is 3.30. The number of hydrogen-bond acceptors (Lipinski definition) is 3. The monoisotopic (exact) mass is 101 g/mol. The molecule has 3 nitrogen and oxygen atoms in total. The van der Waals surface area contributed by atoms with Crippen LogP contribution in [0.15, 0.2) is 0 Å². The maximum atomic E-state index is 10.3. The van der Waals surface area contributed by atoms with Gasteiger partial charge in [-0.1, -0.05) is 0 Å². The van der Waals surface area contributed by atoms with Crippen LogP contribution in [0.5, 0.6) is 0 Å². The zero-order valence-corrected chi connectivity index (χ0v) is 3.85. The Balaban J connectivity index is 2.48. The van der Waals surface area contributed by atoms with E-state index in [4.69, 9.17) is 5.11 Å². The Hall–Kier alpha value is -0.410. The number of aliphatic hydroxyl groups is 1. The van der Waals surface area contributed by atoms with E-state index >= 15 is 0 Å². The topological polar surface area (TPSA) is 49.3 Å². The SMILES string of the molecule is O=C1CNC[C@@H]1O. The Morgan fingerprint density at radius 3 is 2.71 bits per heavy atom. The molecule has 0 amide bonds. The van der Waals surface area contributed by atoms with Crippen LogP contribution in [-0.2, 0) is 4.79 Å². The standard InChI is InChI=1S/C4H7NO2/c6-3-1-5-2-4(3)7/h3,5-6H,1-2H2/t3-/m0/s1. The molecule has 0 saturated carbocycles. The molecule has 0 spiro atoms. The van der Waals surface area contributed by atoms with E-state index in [1.807, 2.05) is 0 Å². The first kappa shape index (κ1) is 4.74. The van der Waals surface area contributed by atoms with Crippen LogP contribution in [0.1, 0.15) is 0 Å². The number of rotatable bonds is 0. The summed E-state index contributed by atoms with van der Waals surface area (Å²) in [6.45, 7) is 0.764. The van der Waals surface area contributed by atoms with E-state index in [9.17, 15) is 4.79 Å². The van der Waals surface area contributed by atoms with Crippen molar-refractivity contribution in [1.29, 1.82) is 0 Å². The lowest BCUT2D eigenvalue weighted by Crippen LogP contribution is -2.16. The maximum absolute atomic E-state index is 10.3. The summed E-state index contributed by atoms with van der Waals surface area (Å²) in [6.07, 6.45) is -0.736. The summed E-state index contributed by atoms with van der Waals surface area (Å²) >= 11 is 0. The minimum Gasteiger partial charge on any atom is -0.384 e. The van der Waals surface area contributed by atoms with Gasteiger partial charge in [0.1, 0.15) is 6.10 Å². The Labute approximate surface area is 41.3 Å². The van der Waals surface area contributed by atoms with Crippen molar-refractivity contribution < 1.29 is 9.90 Å². The third kappa shape index (κ3) is 0.783. The zero-order valence-electron chi connectivity index (χ0n) is 3.85. The van der Waals surface area contributed by atoms with Gasteiger partial charge in [0.25, 0.3) is 0 Å². The normalized spacial score (nSPS) is 31.6. The highest BCUT2D eigenvalue weighted by atomic mass is 16.3. The molecule has 2 N–H and O–H groups in total. The smallest absolute Gasteiger partial charge is 0.176 e. The number of Topliss-reactive ketones (excluding diaryl/α,β-unsaturated/α-hetero) is 1. The molecule has 0 bridgehead atoms. The molecule has 1 rings (SSSR count). The van der Waals surface area contributed by atoms with Gasteiger partial charge in [-0.3, -0.25) is 4.79 Å². The molecular weight excluding hydrogens is 94.0 g/mol. The van der Waals surface area contributed by atoms with Gasteiger partial charge in [0.15, 0.2) is 5.78 Å². The molecule has 0 aromatic carbocycles. The Bertz CT molecular complexity index is 91.7. The number of nitrogens with one attached hydrogen (secondary N) is 1. The minimum atomic E-state index is -0.736. The van der Waals surface area contributed by atoms with Crippen molar-refractivity contribution in [2.24, 2.45) is 0 Å². The average molecular weight is 101 g/mol. The highest BCUT2D eigenvalue weighted by molar-refractivity contribution is 5.86. The van der Waals surface area contributed by atoms with Crippen LogP contribution in [0.3, 0.4) is 0 Å². The molecule has 1 saturated heterocycles. The Morgan fingerprint density at radius 2 is 2.57 bits per heavy atom. The van der Waals surface area contributed by atoms with Crippen molar-refractivity contribution in [3.63, 3.8) is 0 Å². The predicted molar refractivity (Wildman–Crippen MR) is 23.9 cm³/mol. The van der Waals surface area contributed by atoms with E-state index in [1.54, 1.807) is 0 Å². The second-order valence-electron chi connectivity index (χ2n) is 1.61. The summed E-state index contributed by atoms with van der Waals surface area (Å²) in [5, 5.41) is 11.3. The van der Waals surface area contributed by atoms with Gasteiger partial charge in [0.2, 0.25) is 0 Å². The number of aliphatic hydroxyl groups excluding tert-OH is 1. The van der Waals surface area contributed by atoms with Crippen molar-refractivity contribution in [2.75, 3.05) is 13.1 Å². The fraction of sp³-hybridized carbons (Fsp3) is 0.750. The lowest BCUT2D eigenvalue weighted by molar-refractivity contribution is -0.122. The van der Waals surface area contributed by atoms with Gasteiger partial charge in [0.05, 0.1) is 6.54 Å². The lowest BCUT2D eigenvalue weighted by atomic mass is 10.3. The summed E-state index contributed by atoms with van der Waals surface area (Å²) < 4.78 is 0. The van der Waals surface area contributed by atoms with E-state index in [0.717, 1.165) is 0 Å². The van der Waals surface area contributed by atoms with Crippen LogP contribution in [-0.4, -0.2) is 30.1 Å². The van der Waals surface area contributed by atoms with E-state index in [1.165, 1.54) is 0 Å². The van der Waals surface area contributed by atoms with Crippen LogP contribution in [0.2, 0.25) is 0 Å². The largest absolute Gasteiger partial charge is 0.384 e. The summed E-state index contributed by atoms with van der Waals surface area (Å²) in [6, 6.07) is 0. The molecule has 1 atom stereocenters. The minimum absolute atomic E-state index is 0.0972. The van der Waals surface area contributed by atoms with Gasteiger partial charge in [-0.15, -0.1) is 0 Å². The number of ketones is 1. The fourth-order valence-electron chi connectivity index (χ4n) is 0.564. The highest BCUT2D eigenvalue weighted by Gasteiger charge is 2.19. The van der Waals surface area contributed by atoms with E-state index in [-0.39, 0.29) is 5.78 Å². The molecule has 3 heteroatoms. The number of carbonyl (C=O) groups is 1. The van der Waals surface area contributed by atoms with Gasteiger partial charge in [-0.05, 0) is 0 Å². The number of β-amino-alcohol motifs (C(OH)–C–C–N with tert-alkyl or cyclic N) is 1. The molecule has 1 aliphatic rings. The molecule has 0 aliphatic carbocycles. The summed E-state index contributed by atoms with van der Waals surface area (Å²) in [4.78, 5) is 10.3. The second kappa shape index (κ2) is 1.60. The highest BCUT2D eigenvalue weighted by Crippen LogP contribution is 1.88. The fourth-order valence-corrected chi connectivity index (χ4v) is 0.564. The molecular formula is C4H7NO2. The molecule has 7 heavy (non-hydrogen) atoms. The second-order valence-corrected chi connectivity index (χ2v) is 1.61. The van der Waals surface area contributed by atoms with Crippen molar-refractivity contribution in [3.05, 3.63) is 0 Å². The number of carbonyl (C=O) groups excluding carboxylic acids is 1. The maximum Gasteiger partial charge on any atom is 0.176 e. The van der Waals surface area contributed by atoms with Gasteiger partial charge in [0, 0.05) is 6.54 Å². The van der Waals surface area contributed by atoms with Crippen LogP contribution in [0.4, 0.5) is 0 Å². The molecule has 1 aliphatic heterocycles. The van der Waals surface area contributed by atoms with Gasteiger partial charge in [-0.25, -0.2) is 0 Å². The third-order valence-electron chi connectivity index (χ3n) is 1.01. The van der Waals surface area contributed by atoms with Crippen LogP contribution in [0.25, 0.3) is 0 Å². The van der Waals surface area contributed by atoms with Gasteiger partial charge >= 0.3 is 0 Å². The third-order valence-corrected chi connectivity index (χ3v) is 1.01. The molecule has 40 valence electrons. The summed E-state index contributed by atoms with van der Waals surface area (Å²) in [7, 11) is 0. The van der Waals surface area contributed by atoms with E-state index in [2.05, 4.69) is 5.32 Å². The van der Waals surface area contributed by atoms with E-state index in [0.29, 0.717) is 13.1 Å². The molecule has 0 aromatic rings. The Morgan fingerprint density at radius 1 is 1.86 bits per heavy atom. The van der Waals surface area contributed by atoms with Crippen molar-refractivity contribution >= 4 is 5.78 Å². The van der Waals surface area contributed by atoms with Crippen molar-refractivity contribution in [2.45, 2.75) is 6.10 Å². The zero-order chi connectivity index (χ0) is 5.28. The van der Waals surface area contributed by atoms with Gasteiger partial charge in [-0.2, -0.15) is 0 Å². The van der Waals surface area contributed by atoms with Crippen LogP contribution in [0, 0.1) is 0 Å². The number of hydrogen-bond donors (Lipinski definition) is 2. The van der Waals surface area contributed by atoms with Crippen LogP contribution < -0.4 is 5.32 Å². The summed E-state index contributed by atoms with van der Waals surface area (Å²) in [5.74, 6) is -0.0972. The van der Waals surface area contributed by atoms with Crippen molar-refractivity contribution in [1.82, 2.24) is 5.32 Å². The molecule has 1 heterocycles. The first-order valence-electron chi connectivity index (χ1n) is 2.22. The Kier molecular flexibility index (Phi) is 1.08. The van der Waals surface area contributed by atoms with Crippen LogP contribution >= 0.6 is 0 Å². The average Bonchev–Trinajstić information content (AvgIpc) is 1.91. The summed E-state index contributed by atoms with van der Waals surface area (Å²) in [5.41, 5.74) is 0. The molecule has 0 unspecified atom stereocenters. The van der Waals surface area contributed by atoms with Crippen molar-refractivity contribution in [3.8, 4) is 0 Å². The van der Waals surface area contributed by atoms with Gasteiger partial charge < -0.3 is 10.4 Å².